The molecule has 0 fully saturated rings. The second-order valence-electron chi connectivity index (χ2n) is 3.82. The van der Waals surface area contributed by atoms with Gasteiger partial charge in [0.15, 0.2) is 6.73 Å². The van der Waals surface area contributed by atoms with Gasteiger partial charge >= 0.3 is 11.9 Å². The SMILES string of the molecule is O=c1ncc(C(F)(F)F)cn1COc1ccc(Cl)cc1. The first-order chi connectivity index (χ1) is 9.36. The minimum atomic E-state index is -4.57. The van der Waals surface area contributed by atoms with Gasteiger partial charge in [0.25, 0.3) is 0 Å². The molecule has 2 aromatic rings. The fraction of sp³-hybridized carbons (Fsp3) is 0.167. The Kier molecular flexibility index (Phi) is 3.99. The van der Waals surface area contributed by atoms with Crippen LogP contribution in [0.2, 0.25) is 5.02 Å². The summed E-state index contributed by atoms with van der Waals surface area (Å²) in [7, 11) is 0. The molecule has 8 heteroatoms. The van der Waals surface area contributed by atoms with E-state index in [0.29, 0.717) is 23.2 Å². The molecule has 0 saturated carbocycles. The zero-order chi connectivity index (χ0) is 14.8. The Hall–Kier alpha value is -2.02. The van der Waals surface area contributed by atoms with E-state index in [1.165, 1.54) is 12.1 Å². The molecule has 20 heavy (non-hydrogen) atoms. The number of rotatable bonds is 3. The number of hydrogen-bond acceptors (Lipinski definition) is 3. The van der Waals surface area contributed by atoms with E-state index in [1.54, 1.807) is 12.1 Å². The van der Waals surface area contributed by atoms with Crippen molar-refractivity contribution in [3.63, 3.8) is 0 Å². The van der Waals surface area contributed by atoms with Gasteiger partial charge in [-0.2, -0.15) is 13.2 Å². The minimum absolute atomic E-state index is 0.374. The predicted octanol–water partition coefficient (Wildman–Crippen LogP) is 2.95. The van der Waals surface area contributed by atoms with Crippen LogP contribution in [0.25, 0.3) is 0 Å². The number of nitrogens with zero attached hydrogens (tertiary/aromatic N) is 2. The van der Waals surface area contributed by atoms with E-state index < -0.39 is 17.4 Å². The van der Waals surface area contributed by atoms with E-state index >= 15 is 0 Å². The van der Waals surface area contributed by atoms with Crippen LogP contribution in [-0.4, -0.2) is 9.55 Å². The first-order valence-corrected chi connectivity index (χ1v) is 5.76. The molecule has 0 saturated heterocycles. The van der Waals surface area contributed by atoms with Crippen LogP contribution < -0.4 is 10.4 Å². The molecule has 0 spiro atoms. The Morgan fingerprint density at radius 3 is 2.50 bits per heavy atom. The summed E-state index contributed by atoms with van der Waals surface area (Å²) in [5, 5.41) is 0.496. The van der Waals surface area contributed by atoms with Gasteiger partial charge in [0.05, 0.1) is 5.56 Å². The number of halogens is 4. The number of aromatic nitrogens is 2. The summed E-state index contributed by atoms with van der Waals surface area (Å²) >= 11 is 5.68. The van der Waals surface area contributed by atoms with Crippen molar-refractivity contribution >= 4 is 11.6 Å². The summed E-state index contributed by atoms with van der Waals surface area (Å²) < 4.78 is 43.4. The van der Waals surface area contributed by atoms with Gasteiger partial charge in [-0.05, 0) is 24.3 Å². The Morgan fingerprint density at radius 1 is 1.25 bits per heavy atom. The third-order valence-electron chi connectivity index (χ3n) is 2.37. The van der Waals surface area contributed by atoms with Crippen molar-refractivity contribution in [3.8, 4) is 5.75 Å². The lowest BCUT2D eigenvalue weighted by atomic mass is 10.3. The lowest BCUT2D eigenvalue weighted by molar-refractivity contribution is -0.138. The van der Waals surface area contributed by atoms with Gasteiger partial charge in [-0.25, -0.2) is 9.78 Å². The maximum atomic E-state index is 12.5. The van der Waals surface area contributed by atoms with E-state index in [-0.39, 0.29) is 6.73 Å². The smallest absolute Gasteiger partial charge is 0.419 e. The topological polar surface area (TPSA) is 44.1 Å². The number of ether oxygens (including phenoxy) is 1. The zero-order valence-electron chi connectivity index (χ0n) is 9.89. The molecule has 0 radical (unpaired) electrons. The van der Waals surface area contributed by atoms with Gasteiger partial charge in [-0.15, -0.1) is 0 Å². The van der Waals surface area contributed by atoms with Crippen molar-refractivity contribution < 1.29 is 17.9 Å². The number of benzene rings is 1. The van der Waals surface area contributed by atoms with E-state index in [0.717, 1.165) is 4.57 Å². The molecule has 0 aliphatic rings. The normalized spacial score (nSPS) is 11.4. The molecule has 0 aliphatic carbocycles. The van der Waals surface area contributed by atoms with Crippen LogP contribution in [0.3, 0.4) is 0 Å². The molecule has 1 aromatic carbocycles. The van der Waals surface area contributed by atoms with Gasteiger partial charge in [-0.1, -0.05) is 11.6 Å². The molecule has 0 amide bonds. The number of alkyl halides is 3. The highest BCUT2D eigenvalue weighted by Gasteiger charge is 2.31. The maximum absolute atomic E-state index is 12.5. The van der Waals surface area contributed by atoms with Gasteiger partial charge in [-0.3, -0.25) is 4.57 Å². The second kappa shape index (κ2) is 5.54. The molecule has 106 valence electrons. The van der Waals surface area contributed by atoms with Crippen LogP contribution in [0, 0.1) is 0 Å². The molecular formula is C12H8ClF3N2O2. The molecule has 0 N–H and O–H groups in total. The maximum Gasteiger partial charge on any atom is 0.419 e. The highest BCUT2D eigenvalue weighted by atomic mass is 35.5. The Bertz CT molecular complexity index is 653. The van der Waals surface area contributed by atoms with E-state index in [2.05, 4.69) is 4.98 Å². The Morgan fingerprint density at radius 2 is 1.90 bits per heavy atom. The van der Waals surface area contributed by atoms with Crippen molar-refractivity contribution in [2.24, 2.45) is 0 Å². The van der Waals surface area contributed by atoms with Crippen LogP contribution >= 0.6 is 11.6 Å². The third-order valence-corrected chi connectivity index (χ3v) is 2.62. The first kappa shape index (κ1) is 14.4. The second-order valence-corrected chi connectivity index (χ2v) is 4.26. The number of hydrogen-bond donors (Lipinski definition) is 0. The molecule has 2 rings (SSSR count). The summed E-state index contributed by atoms with van der Waals surface area (Å²) in [6.07, 6.45) is -3.42. The Labute approximate surface area is 116 Å². The highest BCUT2D eigenvalue weighted by molar-refractivity contribution is 6.30. The lowest BCUT2D eigenvalue weighted by Gasteiger charge is -2.11. The molecular weight excluding hydrogens is 297 g/mol. The summed E-state index contributed by atoms with van der Waals surface area (Å²) in [6.45, 7) is -0.378. The van der Waals surface area contributed by atoms with Gasteiger partial charge in [0.2, 0.25) is 0 Å². The first-order valence-electron chi connectivity index (χ1n) is 5.38. The van der Waals surface area contributed by atoms with Crippen molar-refractivity contribution in [2.75, 3.05) is 0 Å². The van der Waals surface area contributed by atoms with Gasteiger partial charge in [0.1, 0.15) is 5.75 Å². The average molecular weight is 305 g/mol. The summed E-state index contributed by atoms with van der Waals surface area (Å²) in [6, 6.07) is 6.19. The zero-order valence-corrected chi connectivity index (χ0v) is 10.6. The van der Waals surface area contributed by atoms with Crippen LogP contribution in [-0.2, 0) is 12.9 Å². The van der Waals surface area contributed by atoms with Crippen molar-refractivity contribution in [3.05, 3.63) is 57.7 Å². The minimum Gasteiger partial charge on any atom is -0.473 e. The molecule has 4 nitrogen and oxygen atoms in total. The fourth-order valence-electron chi connectivity index (χ4n) is 1.37. The third kappa shape index (κ3) is 3.51. The van der Waals surface area contributed by atoms with Crippen LogP contribution in [0.5, 0.6) is 5.75 Å². The van der Waals surface area contributed by atoms with E-state index in [9.17, 15) is 18.0 Å². The fourth-order valence-corrected chi connectivity index (χ4v) is 1.50. The highest BCUT2D eigenvalue weighted by Crippen LogP contribution is 2.27. The quantitative estimate of drug-likeness (QED) is 0.875. The van der Waals surface area contributed by atoms with Crippen LogP contribution in [0.1, 0.15) is 5.56 Å². The van der Waals surface area contributed by atoms with Gasteiger partial charge < -0.3 is 4.74 Å². The van der Waals surface area contributed by atoms with Crippen molar-refractivity contribution in [2.45, 2.75) is 12.9 Å². The summed E-state index contributed by atoms with van der Waals surface area (Å²) in [5.74, 6) is 0.374. The predicted molar refractivity (Wildman–Crippen MR) is 65.6 cm³/mol. The van der Waals surface area contributed by atoms with Gasteiger partial charge in [0, 0.05) is 17.4 Å². The molecule has 0 unspecified atom stereocenters. The van der Waals surface area contributed by atoms with E-state index in [4.69, 9.17) is 16.3 Å². The monoisotopic (exact) mass is 304 g/mol. The largest absolute Gasteiger partial charge is 0.473 e. The van der Waals surface area contributed by atoms with E-state index in [1.807, 2.05) is 0 Å². The lowest BCUT2D eigenvalue weighted by Crippen LogP contribution is -2.26. The molecule has 1 aromatic heterocycles. The molecule has 0 aliphatic heterocycles. The summed E-state index contributed by atoms with van der Waals surface area (Å²) in [5.41, 5.74) is -1.84. The van der Waals surface area contributed by atoms with Crippen molar-refractivity contribution in [1.82, 2.24) is 9.55 Å². The standard InChI is InChI=1S/C12H8ClF3N2O2/c13-9-1-3-10(4-2-9)20-7-18-6-8(12(14,15)16)5-17-11(18)19/h1-6H,7H2. The Balaban J connectivity index is 2.17. The van der Waals surface area contributed by atoms with Crippen molar-refractivity contribution in [1.29, 1.82) is 0 Å². The molecule has 0 bridgehead atoms. The summed E-state index contributed by atoms with van der Waals surface area (Å²) in [4.78, 5) is 14.5. The average Bonchev–Trinajstić information content (AvgIpc) is 2.38. The van der Waals surface area contributed by atoms with Crippen LogP contribution in [0.4, 0.5) is 13.2 Å². The van der Waals surface area contributed by atoms with Crippen LogP contribution in [0.15, 0.2) is 41.5 Å². The molecule has 0 atom stereocenters. The molecule has 1 heterocycles.